The molecule has 1 fully saturated rings. The second kappa shape index (κ2) is 5.94. The van der Waals surface area contributed by atoms with Gasteiger partial charge in [-0.05, 0) is 24.1 Å². The lowest BCUT2D eigenvalue weighted by Crippen LogP contribution is -2.24. The van der Waals surface area contributed by atoms with Crippen LogP contribution in [0.3, 0.4) is 0 Å². The van der Waals surface area contributed by atoms with Gasteiger partial charge in [0.05, 0.1) is 19.8 Å². The molecule has 0 N–H and O–H groups in total. The van der Waals surface area contributed by atoms with Gasteiger partial charge in [-0.1, -0.05) is 6.92 Å². The van der Waals surface area contributed by atoms with Gasteiger partial charge in [0.2, 0.25) is 5.91 Å². The van der Waals surface area contributed by atoms with Gasteiger partial charge in [-0.25, -0.2) is 4.79 Å². The average Bonchev–Trinajstić information content (AvgIpc) is 2.76. The molecule has 0 spiro atoms. The third-order valence-electron chi connectivity index (χ3n) is 3.47. The van der Waals surface area contributed by atoms with Gasteiger partial charge in [0, 0.05) is 25.1 Å². The monoisotopic (exact) mass is 277 g/mol. The Morgan fingerprint density at radius 1 is 1.40 bits per heavy atom. The predicted molar refractivity (Wildman–Crippen MR) is 73.5 cm³/mol. The zero-order valence-electron chi connectivity index (χ0n) is 12.0. The summed E-state index contributed by atoms with van der Waals surface area (Å²) < 4.78 is 10.0. The van der Waals surface area contributed by atoms with Gasteiger partial charge in [-0.15, -0.1) is 0 Å². The number of carbonyl (C=O) groups excluding carboxylic acids is 2. The summed E-state index contributed by atoms with van der Waals surface area (Å²) in [6.45, 7) is 3.25. The van der Waals surface area contributed by atoms with E-state index in [0.29, 0.717) is 30.2 Å². The fourth-order valence-corrected chi connectivity index (χ4v) is 2.48. The van der Waals surface area contributed by atoms with Crippen LogP contribution in [0, 0.1) is 5.92 Å². The Kier molecular flexibility index (Phi) is 4.27. The quantitative estimate of drug-likeness (QED) is 0.788. The first kappa shape index (κ1) is 14.4. The number of benzene rings is 1. The Labute approximate surface area is 118 Å². The van der Waals surface area contributed by atoms with Crippen molar-refractivity contribution in [3.05, 3.63) is 29.3 Å². The third-order valence-corrected chi connectivity index (χ3v) is 3.47. The number of ether oxygens (including phenoxy) is 2. The number of hydrogen-bond donors (Lipinski definition) is 0. The Bertz CT molecular complexity index is 527. The maximum absolute atomic E-state index is 11.9. The molecule has 1 unspecified atom stereocenters. The second-order valence-electron chi connectivity index (χ2n) is 5.10. The fourth-order valence-electron chi connectivity index (χ4n) is 2.48. The minimum absolute atomic E-state index is 0.142. The van der Waals surface area contributed by atoms with Gasteiger partial charge in [0.1, 0.15) is 5.75 Å². The molecule has 0 aliphatic carbocycles. The van der Waals surface area contributed by atoms with E-state index in [1.807, 2.05) is 0 Å². The molecule has 1 aromatic rings. The lowest BCUT2D eigenvalue weighted by atomic mass is 10.1. The maximum Gasteiger partial charge on any atom is 0.337 e. The van der Waals surface area contributed by atoms with E-state index < -0.39 is 5.97 Å². The summed E-state index contributed by atoms with van der Waals surface area (Å²) in [5, 5.41) is 0. The van der Waals surface area contributed by atoms with Crippen molar-refractivity contribution in [1.29, 1.82) is 0 Å². The van der Waals surface area contributed by atoms with E-state index in [2.05, 4.69) is 6.92 Å². The van der Waals surface area contributed by atoms with Crippen LogP contribution in [0.25, 0.3) is 0 Å². The van der Waals surface area contributed by atoms with Crippen molar-refractivity contribution in [2.45, 2.75) is 19.9 Å². The van der Waals surface area contributed by atoms with Crippen LogP contribution < -0.4 is 4.74 Å². The first-order valence-corrected chi connectivity index (χ1v) is 6.58. The molecule has 20 heavy (non-hydrogen) atoms. The summed E-state index contributed by atoms with van der Waals surface area (Å²) in [4.78, 5) is 25.2. The Balaban J connectivity index is 2.24. The maximum atomic E-state index is 11.9. The molecule has 1 saturated heterocycles. The highest BCUT2D eigenvalue weighted by Gasteiger charge is 2.27. The number of methoxy groups -OCH3 is 2. The van der Waals surface area contributed by atoms with Crippen molar-refractivity contribution in [3.8, 4) is 5.75 Å². The molecule has 0 radical (unpaired) electrons. The summed E-state index contributed by atoms with van der Waals surface area (Å²) in [6.07, 6.45) is 0.582. The number of nitrogens with zero attached hydrogens (tertiary/aromatic N) is 1. The largest absolute Gasteiger partial charge is 0.496 e. The second-order valence-corrected chi connectivity index (χ2v) is 5.10. The fraction of sp³-hybridized carbons (Fsp3) is 0.467. The Morgan fingerprint density at radius 2 is 2.15 bits per heavy atom. The summed E-state index contributed by atoms with van der Waals surface area (Å²) in [7, 11) is 2.92. The Hall–Kier alpha value is -2.04. The number of rotatable bonds is 4. The van der Waals surface area contributed by atoms with Crippen molar-refractivity contribution in [2.75, 3.05) is 20.8 Å². The van der Waals surface area contributed by atoms with Gasteiger partial charge in [-0.2, -0.15) is 0 Å². The molecule has 1 heterocycles. The molecule has 0 saturated carbocycles. The summed E-state index contributed by atoms with van der Waals surface area (Å²) in [6, 6.07) is 5.11. The van der Waals surface area contributed by atoms with E-state index in [9.17, 15) is 9.59 Å². The first-order valence-electron chi connectivity index (χ1n) is 6.58. The van der Waals surface area contributed by atoms with Gasteiger partial charge < -0.3 is 14.4 Å². The zero-order valence-corrected chi connectivity index (χ0v) is 12.0. The molecule has 1 atom stereocenters. The van der Waals surface area contributed by atoms with E-state index in [0.717, 1.165) is 12.1 Å². The van der Waals surface area contributed by atoms with Crippen molar-refractivity contribution in [3.63, 3.8) is 0 Å². The number of likely N-dealkylation sites (tertiary alicyclic amines) is 1. The SMILES string of the molecule is COC(=O)c1ccc(OC)c(CN2CC(C)CC2=O)c1. The lowest BCUT2D eigenvalue weighted by Gasteiger charge is -2.18. The molecule has 1 aliphatic heterocycles. The lowest BCUT2D eigenvalue weighted by molar-refractivity contribution is -0.128. The molecule has 5 heteroatoms. The molecular formula is C15H19NO4. The van der Waals surface area contributed by atoms with Crippen LogP contribution in [-0.2, 0) is 16.1 Å². The summed E-state index contributed by atoms with van der Waals surface area (Å²) in [5.41, 5.74) is 1.28. The highest BCUT2D eigenvalue weighted by molar-refractivity contribution is 5.89. The number of amides is 1. The van der Waals surface area contributed by atoms with Crippen LogP contribution in [0.1, 0.15) is 29.3 Å². The summed E-state index contributed by atoms with van der Waals surface area (Å²) >= 11 is 0. The predicted octanol–water partition coefficient (Wildman–Crippen LogP) is 1.85. The molecule has 2 rings (SSSR count). The molecule has 108 valence electrons. The van der Waals surface area contributed by atoms with E-state index in [1.165, 1.54) is 7.11 Å². The van der Waals surface area contributed by atoms with Crippen LogP contribution >= 0.6 is 0 Å². The molecule has 1 aromatic carbocycles. The van der Waals surface area contributed by atoms with Gasteiger partial charge >= 0.3 is 5.97 Å². The third kappa shape index (κ3) is 2.92. The average molecular weight is 277 g/mol. The van der Waals surface area contributed by atoms with Gasteiger partial charge in [0.25, 0.3) is 0 Å². The normalized spacial score (nSPS) is 18.2. The molecular weight excluding hydrogens is 258 g/mol. The number of carbonyl (C=O) groups is 2. The van der Waals surface area contributed by atoms with Gasteiger partial charge in [0.15, 0.2) is 0 Å². The van der Waals surface area contributed by atoms with Crippen LogP contribution in [-0.4, -0.2) is 37.5 Å². The molecule has 0 bridgehead atoms. The highest BCUT2D eigenvalue weighted by Crippen LogP contribution is 2.25. The van der Waals surface area contributed by atoms with Crippen molar-refractivity contribution in [2.24, 2.45) is 5.92 Å². The zero-order chi connectivity index (χ0) is 14.7. The number of hydrogen-bond acceptors (Lipinski definition) is 4. The molecule has 1 amide bonds. The van der Waals surface area contributed by atoms with Crippen LogP contribution in [0.5, 0.6) is 5.75 Å². The minimum Gasteiger partial charge on any atom is -0.496 e. The molecule has 1 aliphatic rings. The highest BCUT2D eigenvalue weighted by atomic mass is 16.5. The van der Waals surface area contributed by atoms with E-state index in [1.54, 1.807) is 30.2 Å². The Morgan fingerprint density at radius 3 is 2.70 bits per heavy atom. The molecule has 5 nitrogen and oxygen atoms in total. The van der Waals surface area contributed by atoms with Crippen molar-refractivity contribution < 1.29 is 19.1 Å². The topological polar surface area (TPSA) is 55.8 Å². The van der Waals surface area contributed by atoms with E-state index in [4.69, 9.17) is 9.47 Å². The van der Waals surface area contributed by atoms with Crippen LogP contribution in [0.15, 0.2) is 18.2 Å². The first-order chi connectivity index (χ1) is 9.55. The van der Waals surface area contributed by atoms with E-state index >= 15 is 0 Å². The van der Waals surface area contributed by atoms with Crippen LogP contribution in [0.2, 0.25) is 0 Å². The van der Waals surface area contributed by atoms with Gasteiger partial charge in [-0.3, -0.25) is 4.79 Å². The van der Waals surface area contributed by atoms with Crippen LogP contribution in [0.4, 0.5) is 0 Å². The van der Waals surface area contributed by atoms with Crippen molar-refractivity contribution in [1.82, 2.24) is 4.90 Å². The minimum atomic E-state index is -0.394. The smallest absolute Gasteiger partial charge is 0.337 e. The standard InChI is InChI=1S/C15H19NO4/c1-10-6-14(17)16(8-10)9-12-7-11(15(18)20-3)4-5-13(12)19-2/h4-5,7,10H,6,8-9H2,1-3H3. The summed E-state index contributed by atoms with van der Waals surface area (Å²) in [5.74, 6) is 0.792. The van der Waals surface area contributed by atoms with E-state index in [-0.39, 0.29) is 5.91 Å². The molecule has 0 aromatic heterocycles. The number of esters is 1. The van der Waals surface area contributed by atoms with Crippen molar-refractivity contribution >= 4 is 11.9 Å².